The summed E-state index contributed by atoms with van der Waals surface area (Å²) in [4.78, 5) is 6.68. The van der Waals surface area contributed by atoms with Crippen molar-refractivity contribution in [3.63, 3.8) is 0 Å². The van der Waals surface area contributed by atoms with Gasteiger partial charge in [0, 0.05) is 0 Å². The zero-order valence-electron chi connectivity index (χ0n) is 5.84. The molecule has 0 saturated heterocycles. The van der Waals surface area contributed by atoms with Gasteiger partial charge in [-0.3, -0.25) is 10.4 Å². The number of nitrogens with zero attached hydrogens (tertiary/aromatic N) is 2. The highest BCUT2D eigenvalue weighted by atomic mass is 16.5. The molecule has 6 N–H and O–H groups in total. The summed E-state index contributed by atoms with van der Waals surface area (Å²) >= 11 is 0. The Bertz CT molecular complexity index is 203. The summed E-state index contributed by atoms with van der Waals surface area (Å²) in [6, 6.07) is 0. The number of hydrogen-bond acceptors (Lipinski definition) is 8. The highest BCUT2D eigenvalue weighted by molar-refractivity contribution is 6.40. The zero-order chi connectivity index (χ0) is 9.14. The van der Waals surface area contributed by atoms with Crippen LogP contribution < -0.4 is 11.0 Å². The third-order valence-corrected chi connectivity index (χ3v) is 1.23. The molecular weight excluding hydrogens is 168 g/mol. The van der Waals surface area contributed by atoms with Crippen molar-refractivity contribution in [1.29, 1.82) is 0 Å². The summed E-state index contributed by atoms with van der Waals surface area (Å²) in [6.45, 7) is 0. The molecule has 1 aliphatic heterocycles. The molecule has 12 heavy (non-hydrogen) atoms. The molecule has 2 unspecified atom stereocenters. The van der Waals surface area contributed by atoms with E-state index in [-0.39, 0.29) is 11.7 Å². The number of aliphatic hydroxyl groups is 2. The van der Waals surface area contributed by atoms with E-state index in [1.807, 2.05) is 0 Å². The topological polar surface area (TPSA) is 130 Å². The highest BCUT2D eigenvalue weighted by Crippen LogP contribution is 2.03. The van der Waals surface area contributed by atoms with E-state index >= 15 is 0 Å². The van der Waals surface area contributed by atoms with Gasteiger partial charge >= 0.3 is 0 Å². The van der Waals surface area contributed by atoms with Gasteiger partial charge in [0.1, 0.15) is 0 Å². The van der Waals surface area contributed by atoms with E-state index < -0.39 is 12.5 Å². The number of hydrogen-bond donors (Lipinski definition) is 6. The maximum absolute atomic E-state index is 8.89. The molecule has 0 radical (unpaired) electrons. The van der Waals surface area contributed by atoms with Crippen molar-refractivity contribution >= 4 is 11.7 Å². The predicted octanol–water partition coefficient (Wildman–Crippen LogP) is -2.61. The third kappa shape index (κ3) is 1.51. The van der Waals surface area contributed by atoms with Gasteiger partial charge in [0.15, 0.2) is 24.1 Å². The van der Waals surface area contributed by atoms with Gasteiger partial charge in [-0.15, -0.1) is 0 Å². The van der Waals surface area contributed by atoms with Crippen LogP contribution in [0.5, 0.6) is 0 Å². The van der Waals surface area contributed by atoms with Crippen molar-refractivity contribution in [3.05, 3.63) is 0 Å². The molecular formula is C4H8N4O4. The van der Waals surface area contributed by atoms with Gasteiger partial charge < -0.3 is 10.2 Å². The SMILES string of the molecule is ONC1=NC(O)C(O)N=C1NO. The Hall–Kier alpha value is -1.22. The Morgan fingerprint density at radius 2 is 1.25 bits per heavy atom. The number of hydroxylamine groups is 2. The van der Waals surface area contributed by atoms with Gasteiger partial charge in [-0.1, -0.05) is 0 Å². The van der Waals surface area contributed by atoms with Gasteiger partial charge in [-0.25, -0.2) is 20.9 Å². The molecule has 8 heteroatoms. The minimum Gasteiger partial charge on any atom is -0.368 e. The smallest absolute Gasteiger partial charge is 0.194 e. The number of aliphatic hydroxyl groups excluding tert-OH is 2. The second kappa shape index (κ2) is 3.45. The standard InChI is InChI=1S/C4H8N4O4/c9-3-4(10)6-2(8-12)1(5-3)7-11/h3-4,9-12H,(H,5,7)(H,6,8). The first-order valence-corrected chi connectivity index (χ1v) is 3.01. The van der Waals surface area contributed by atoms with Crippen LogP contribution in [0.2, 0.25) is 0 Å². The van der Waals surface area contributed by atoms with Crippen molar-refractivity contribution in [1.82, 2.24) is 11.0 Å². The van der Waals surface area contributed by atoms with Gasteiger partial charge in [0.05, 0.1) is 0 Å². The van der Waals surface area contributed by atoms with E-state index in [1.54, 1.807) is 11.0 Å². The van der Waals surface area contributed by atoms with Gasteiger partial charge in [0.2, 0.25) is 0 Å². The summed E-state index contributed by atoms with van der Waals surface area (Å²) in [7, 11) is 0. The molecule has 68 valence electrons. The first kappa shape index (κ1) is 8.87. The maximum Gasteiger partial charge on any atom is 0.194 e. The van der Waals surface area contributed by atoms with Crippen LogP contribution in [0.25, 0.3) is 0 Å². The molecule has 0 aliphatic carbocycles. The third-order valence-electron chi connectivity index (χ3n) is 1.23. The number of aliphatic imine (C=N–C) groups is 2. The monoisotopic (exact) mass is 176 g/mol. The molecule has 1 aliphatic rings. The lowest BCUT2D eigenvalue weighted by Crippen LogP contribution is -2.44. The summed E-state index contributed by atoms with van der Waals surface area (Å²) in [5.41, 5.74) is 3.16. The lowest BCUT2D eigenvalue weighted by atomic mass is 10.4. The van der Waals surface area contributed by atoms with Crippen molar-refractivity contribution < 1.29 is 20.6 Å². The molecule has 1 rings (SSSR count). The summed E-state index contributed by atoms with van der Waals surface area (Å²) in [6.07, 6.45) is -2.89. The molecule has 2 atom stereocenters. The number of rotatable bonds is 0. The largest absolute Gasteiger partial charge is 0.368 e. The fourth-order valence-corrected chi connectivity index (χ4v) is 0.684. The van der Waals surface area contributed by atoms with E-state index in [1.165, 1.54) is 0 Å². The Balaban J connectivity index is 2.84. The van der Waals surface area contributed by atoms with Crippen LogP contribution in [0.15, 0.2) is 9.98 Å². The lowest BCUT2D eigenvalue weighted by molar-refractivity contribution is 0.0275. The Morgan fingerprint density at radius 1 is 0.917 bits per heavy atom. The summed E-state index contributed by atoms with van der Waals surface area (Å²) < 4.78 is 0. The molecule has 0 bridgehead atoms. The van der Waals surface area contributed by atoms with E-state index in [2.05, 4.69) is 9.98 Å². The molecule has 8 nitrogen and oxygen atoms in total. The fourth-order valence-electron chi connectivity index (χ4n) is 0.684. The fraction of sp³-hybridized carbons (Fsp3) is 0.500. The Morgan fingerprint density at radius 3 is 1.50 bits per heavy atom. The molecule has 1 heterocycles. The van der Waals surface area contributed by atoms with Crippen LogP contribution in [0.1, 0.15) is 0 Å². The molecule has 0 spiro atoms. The van der Waals surface area contributed by atoms with Crippen molar-refractivity contribution in [2.75, 3.05) is 0 Å². The first-order valence-electron chi connectivity index (χ1n) is 3.01. The predicted molar refractivity (Wildman–Crippen MR) is 36.7 cm³/mol. The van der Waals surface area contributed by atoms with Gasteiger partial charge in [0.25, 0.3) is 0 Å². The van der Waals surface area contributed by atoms with Crippen LogP contribution in [0.3, 0.4) is 0 Å². The lowest BCUT2D eigenvalue weighted by Gasteiger charge is -2.18. The van der Waals surface area contributed by atoms with Gasteiger partial charge in [-0.2, -0.15) is 0 Å². The first-order chi connectivity index (χ1) is 5.69. The molecule has 0 aromatic heterocycles. The van der Waals surface area contributed by atoms with Crippen LogP contribution in [0, 0.1) is 0 Å². The van der Waals surface area contributed by atoms with Crippen molar-refractivity contribution in [2.24, 2.45) is 9.98 Å². The molecule has 0 aromatic rings. The van der Waals surface area contributed by atoms with E-state index in [0.29, 0.717) is 0 Å². The highest BCUT2D eigenvalue weighted by Gasteiger charge is 2.23. The zero-order valence-corrected chi connectivity index (χ0v) is 5.84. The quantitative estimate of drug-likeness (QED) is 0.224. The average Bonchev–Trinajstić information content (AvgIpc) is 2.09. The summed E-state index contributed by atoms with van der Waals surface area (Å²) in [5, 5.41) is 34.6. The average molecular weight is 176 g/mol. The van der Waals surface area contributed by atoms with Crippen molar-refractivity contribution in [2.45, 2.75) is 12.5 Å². The maximum atomic E-state index is 8.89. The second-order valence-electron chi connectivity index (χ2n) is 2.01. The molecule has 0 aromatic carbocycles. The number of nitrogens with one attached hydrogen (secondary N) is 2. The van der Waals surface area contributed by atoms with Gasteiger partial charge in [-0.05, 0) is 0 Å². The van der Waals surface area contributed by atoms with Crippen LogP contribution in [-0.4, -0.2) is 44.8 Å². The van der Waals surface area contributed by atoms with Crippen molar-refractivity contribution in [3.8, 4) is 0 Å². The summed E-state index contributed by atoms with van der Waals surface area (Å²) in [5.74, 6) is -0.509. The minimum absolute atomic E-state index is 0.254. The van der Waals surface area contributed by atoms with Crippen LogP contribution in [0.4, 0.5) is 0 Å². The van der Waals surface area contributed by atoms with E-state index in [9.17, 15) is 0 Å². The Kier molecular flexibility index (Phi) is 2.55. The van der Waals surface area contributed by atoms with E-state index in [4.69, 9.17) is 20.6 Å². The minimum atomic E-state index is -1.45. The van der Waals surface area contributed by atoms with E-state index in [0.717, 1.165) is 0 Å². The molecule has 0 fully saturated rings. The Labute approximate surface area is 66.8 Å². The van der Waals surface area contributed by atoms with Crippen LogP contribution in [-0.2, 0) is 0 Å². The molecule has 0 saturated carbocycles. The number of amidine groups is 2. The molecule has 0 amide bonds. The second-order valence-corrected chi connectivity index (χ2v) is 2.01. The van der Waals surface area contributed by atoms with Crippen LogP contribution >= 0.6 is 0 Å². The normalized spacial score (nSPS) is 29.0.